The Kier molecular flexibility index (Phi) is 6.47. The Balaban J connectivity index is 1.38. The minimum atomic E-state index is 0.746. The van der Waals surface area contributed by atoms with Gasteiger partial charge in [0.05, 0.1) is 0 Å². The van der Waals surface area contributed by atoms with Crippen LogP contribution in [0, 0.1) is 0 Å². The van der Waals surface area contributed by atoms with E-state index in [9.17, 15) is 0 Å². The Hall–Kier alpha value is -5.93. The first kappa shape index (κ1) is 25.8. The van der Waals surface area contributed by atoms with Gasteiger partial charge >= 0.3 is 0 Å². The zero-order valence-electron chi connectivity index (χ0n) is 24.0. The molecule has 3 heteroatoms. The number of nitrogens with zero attached hydrogens (tertiary/aromatic N) is 2. The molecule has 3 nitrogen and oxygen atoms in total. The second-order valence-corrected chi connectivity index (χ2v) is 10.9. The van der Waals surface area contributed by atoms with E-state index in [1.54, 1.807) is 0 Å². The van der Waals surface area contributed by atoms with Gasteiger partial charge in [-0.15, -0.1) is 0 Å². The van der Waals surface area contributed by atoms with Gasteiger partial charge in [-0.05, 0) is 75.8 Å². The third-order valence-electron chi connectivity index (χ3n) is 8.11. The summed E-state index contributed by atoms with van der Waals surface area (Å²) in [5.41, 5.74) is 10.5. The number of pyridine rings is 1. The first-order valence-corrected chi connectivity index (χ1v) is 14.8. The van der Waals surface area contributed by atoms with Gasteiger partial charge in [0.15, 0.2) is 11.4 Å². The van der Waals surface area contributed by atoms with Crippen molar-refractivity contribution in [3.63, 3.8) is 0 Å². The van der Waals surface area contributed by atoms with Crippen molar-refractivity contribution in [3.05, 3.63) is 170 Å². The second kappa shape index (κ2) is 11.0. The van der Waals surface area contributed by atoms with E-state index in [2.05, 4.69) is 138 Å². The molecule has 0 aliphatic rings. The van der Waals surface area contributed by atoms with E-state index in [0.717, 1.165) is 66.9 Å². The maximum Gasteiger partial charge on any atom is 0.181 e. The van der Waals surface area contributed by atoms with Gasteiger partial charge < -0.3 is 4.42 Å². The van der Waals surface area contributed by atoms with E-state index in [4.69, 9.17) is 9.40 Å². The van der Waals surface area contributed by atoms with Gasteiger partial charge in [0.25, 0.3) is 0 Å². The molecule has 0 saturated carbocycles. The van der Waals surface area contributed by atoms with Gasteiger partial charge in [-0.3, -0.25) is 4.90 Å². The summed E-state index contributed by atoms with van der Waals surface area (Å²) in [6.07, 6.45) is 1.88. The molecule has 0 amide bonds. The molecule has 0 saturated heterocycles. The van der Waals surface area contributed by atoms with E-state index in [1.165, 1.54) is 5.56 Å². The Morgan fingerprint density at radius 3 is 1.55 bits per heavy atom. The first-order chi connectivity index (χ1) is 21.8. The highest BCUT2D eigenvalue weighted by Gasteiger charge is 2.22. The average molecular weight is 565 g/mol. The fourth-order valence-corrected chi connectivity index (χ4v) is 5.96. The van der Waals surface area contributed by atoms with Crippen molar-refractivity contribution >= 4 is 39.1 Å². The molecule has 6 aromatic carbocycles. The number of benzene rings is 6. The molecular formula is C41H28N2O. The summed E-state index contributed by atoms with van der Waals surface area (Å²) in [6.45, 7) is 0. The number of furan rings is 1. The minimum Gasteiger partial charge on any atom is -0.452 e. The van der Waals surface area contributed by atoms with Crippen LogP contribution in [-0.2, 0) is 0 Å². The molecule has 0 bridgehead atoms. The molecule has 0 aliphatic heterocycles. The van der Waals surface area contributed by atoms with E-state index in [0.29, 0.717) is 0 Å². The SMILES string of the molecule is c1ccc(-c2ccc(N(c3cc(-c4ccccc4)cc(-c4ccccc4)c3)c3nccc4c3oc3ccccc34)cc2)cc1. The number of aromatic nitrogens is 1. The Labute approximate surface area is 256 Å². The highest BCUT2D eigenvalue weighted by atomic mass is 16.3. The summed E-state index contributed by atoms with van der Waals surface area (Å²) in [6, 6.07) is 57.2. The van der Waals surface area contributed by atoms with Crippen molar-refractivity contribution in [1.82, 2.24) is 4.98 Å². The largest absolute Gasteiger partial charge is 0.452 e. The second-order valence-electron chi connectivity index (χ2n) is 10.9. The third kappa shape index (κ3) is 4.71. The topological polar surface area (TPSA) is 29.3 Å². The van der Waals surface area contributed by atoms with Crippen LogP contribution in [0.25, 0.3) is 55.3 Å². The van der Waals surface area contributed by atoms with Crippen LogP contribution in [0.2, 0.25) is 0 Å². The van der Waals surface area contributed by atoms with Gasteiger partial charge in [0.1, 0.15) is 5.58 Å². The fraction of sp³-hybridized carbons (Fsp3) is 0. The van der Waals surface area contributed by atoms with Crippen molar-refractivity contribution in [1.29, 1.82) is 0 Å². The molecule has 2 aromatic heterocycles. The molecule has 0 fully saturated rings. The van der Waals surface area contributed by atoms with Crippen molar-refractivity contribution in [2.45, 2.75) is 0 Å². The van der Waals surface area contributed by atoms with Gasteiger partial charge in [-0.25, -0.2) is 4.98 Å². The number of hydrogen-bond donors (Lipinski definition) is 0. The summed E-state index contributed by atoms with van der Waals surface area (Å²) in [7, 11) is 0. The van der Waals surface area contributed by atoms with Crippen LogP contribution in [0.5, 0.6) is 0 Å². The monoisotopic (exact) mass is 564 g/mol. The number of hydrogen-bond acceptors (Lipinski definition) is 3. The summed E-state index contributed by atoms with van der Waals surface area (Å²) in [5.74, 6) is 0.746. The molecule has 0 N–H and O–H groups in total. The van der Waals surface area contributed by atoms with Crippen LogP contribution < -0.4 is 4.90 Å². The van der Waals surface area contributed by atoms with E-state index in [1.807, 2.05) is 36.5 Å². The number of anilines is 3. The summed E-state index contributed by atoms with van der Waals surface area (Å²) in [4.78, 5) is 7.19. The molecule has 44 heavy (non-hydrogen) atoms. The molecule has 0 atom stereocenters. The summed E-state index contributed by atoms with van der Waals surface area (Å²) >= 11 is 0. The lowest BCUT2D eigenvalue weighted by Crippen LogP contribution is -2.12. The molecule has 8 rings (SSSR count). The van der Waals surface area contributed by atoms with Crippen LogP contribution in [0.4, 0.5) is 17.2 Å². The Morgan fingerprint density at radius 2 is 0.932 bits per heavy atom. The highest BCUT2D eigenvalue weighted by molar-refractivity contribution is 6.09. The van der Waals surface area contributed by atoms with Gasteiger partial charge in [-0.1, -0.05) is 121 Å². The van der Waals surface area contributed by atoms with Crippen LogP contribution in [0.15, 0.2) is 174 Å². The molecular weight excluding hydrogens is 536 g/mol. The predicted octanol–water partition coefficient (Wildman–Crippen LogP) is 11.5. The highest BCUT2D eigenvalue weighted by Crippen LogP contribution is 2.43. The predicted molar refractivity (Wildman–Crippen MR) is 183 cm³/mol. The zero-order valence-corrected chi connectivity index (χ0v) is 24.0. The number of para-hydroxylation sites is 1. The smallest absolute Gasteiger partial charge is 0.181 e. The maximum absolute atomic E-state index is 6.53. The lowest BCUT2D eigenvalue weighted by atomic mass is 9.97. The molecule has 0 radical (unpaired) electrons. The Bertz CT molecular complexity index is 2150. The molecule has 0 unspecified atom stereocenters. The third-order valence-corrected chi connectivity index (χ3v) is 8.11. The van der Waals surface area contributed by atoms with Gasteiger partial charge in [0.2, 0.25) is 0 Å². The zero-order chi connectivity index (χ0) is 29.3. The molecule has 2 heterocycles. The molecule has 8 aromatic rings. The normalized spacial score (nSPS) is 11.2. The van der Waals surface area contributed by atoms with E-state index in [-0.39, 0.29) is 0 Å². The summed E-state index contributed by atoms with van der Waals surface area (Å²) < 4.78 is 6.53. The van der Waals surface area contributed by atoms with Crippen LogP contribution in [-0.4, -0.2) is 4.98 Å². The van der Waals surface area contributed by atoms with Crippen LogP contribution >= 0.6 is 0 Å². The maximum atomic E-state index is 6.53. The fourth-order valence-electron chi connectivity index (χ4n) is 5.96. The molecule has 208 valence electrons. The molecule has 0 spiro atoms. The van der Waals surface area contributed by atoms with E-state index < -0.39 is 0 Å². The van der Waals surface area contributed by atoms with Crippen LogP contribution in [0.1, 0.15) is 0 Å². The molecule has 0 aliphatic carbocycles. The van der Waals surface area contributed by atoms with Crippen molar-refractivity contribution < 1.29 is 4.42 Å². The number of rotatable bonds is 6. The van der Waals surface area contributed by atoms with Crippen LogP contribution in [0.3, 0.4) is 0 Å². The lowest BCUT2D eigenvalue weighted by molar-refractivity contribution is 0.667. The lowest BCUT2D eigenvalue weighted by Gasteiger charge is -2.26. The average Bonchev–Trinajstić information content (AvgIpc) is 3.49. The van der Waals surface area contributed by atoms with Crippen molar-refractivity contribution in [3.8, 4) is 33.4 Å². The van der Waals surface area contributed by atoms with Gasteiger partial charge in [0, 0.05) is 28.3 Å². The van der Waals surface area contributed by atoms with E-state index >= 15 is 0 Å². The summed E-state index contributed by atoms with van der Waals surface area (Å²) in [5, 5.41) is 2.12. The number of fused-ring (bicyclic) bond motifs is 3. The first-order valence-electron chi connectivity index (χ1n) is 14.8. The Morgan fingerprint density at radius 1 is 0.409 bits per heavy atom. The standard InChI is InChI=1S/C41H28N2O/c1-4-12-29(13-5-1)32-20-22-35(23-21-32)43(41-40-38(24-25-42-41)37-18-10-11-19-39(37)44-40)36-27-33(30-14-6-2-7-15-30)26-34(28-36)31-16-8-3-9-17-31/h1-28H. The van der Waals surface area contributed by atoms with Crippen molar-refractivity contribution in [2.75, 3.05) is 4.90 Å². The van der Waals surface area contributed by atoms with Crippen molar-refractivity contribution in [2.24, 2.45) is 0 Å². The quantitative estimate of drug-likeness (QED) is 0.201. The van der Waals surface area contributed by atoms with Gasteiger partial charge in [-0.2, -0.15) is 0 Å². The minimum absolute atomic E-state index is 0.746.